The van der Waals surface area contributed by atoms with Crippen LogP contribution >= 0.6 is 0 Å². The van der Waals surface area contributed by atoms with E-state index in [1.54, 1.807) is 29.1 Å². The molecule has 0 aromatic carbocycles. The number of rotatable bonds is 3. The summed E-state index contributed by atoms with van der Waals surface area (Å²) in [6.45, 7) is -0.0169. The molecule has 0 unspecified atom stereocenters. The van der Waals surface area contributed by atoms with E-state index in [1.807, 2.05) is 0 Å². The first-order valence-electron chi connectivity index (χ1n) is 7.56. The largest absolute Gasteiger partial charge is 0.352 e. The van der Waals surface area contributed by atoms with Crippen molar-refractivity contribution in [1.29, 1.82) is 0 Å². The van der Waals surface area contributed by atoms with E-state index in [0.717, 1.165) is 12.8 Å². The highest BCUT2D eigenvalue weighted by molar-refractivity contribution is 5.76. The summed E-state index contributed by atoms with van der Waals surface area (Å²) in [7, 11) is 0. The SMILES string of the molecule is O=C(Cn1ncn2cccc2c1=O)NC1CCCCCC1. The Labute approximate surface area is 122 Å². The second-order valence-corrected chi connectivity index (χ2v) is 5.65. The highest BCUT2D eigenvalue weighted by Gasteiger charge is 2.15. The molecule has 112 valence electrons. The predicted octanol–water partition coefficient (Wildman–Crippen LogP) is 1.33. The highest BCUT2D eigenvalue weighted by atomic mass is 16.2. The molecule has 1 aliphatic rings. The van der Waals surface area contributed by atoms with Crippen LogP contribution in [0, 0.1) is 0 Å². The van der Waals surface area contributed by atoms with Crippen LogP contribution in [0.15, 0.2) is 29.5 Å². The molecule has 6 heteroatoms. The normalized spacial score (nSPS) is 16.8. The van der Waals surface area contributed by atoms with Crippen LogP contribution in [-0.4, -0.2) is 26.1 Å². The molecule has 0 aliphatic heterocycles. The van der Waals surface area contributed by atoms with E-state index >= 15 is 0 Å². The van der Waals surface area contributed by atoms with Crippen LogP contribution in [0.4, 0.5) is 0 Å². The van der Waals surface area contributed by atoms with E-state index in [9.17, 15) is 9.59 Å². The van der Waals surface area contributed by atoms with Crippen molar-refractivity contribution in [2.75, 3.05) is 0 Å². The van der Waals surface area contributed by atoms with Gasteiger partial charge in [0.1, 0.15) is 18.4 Å². The lowest BCUT2D eigenvalue weighted by Gasteiger charge is -2.16. The average Bonchev–Trinajstić information content (AvgIpc) is 2.81. The standard InChI is InChI=1S/C15H20N4O2/c20-14(17-12-6-3-1-2-4-7-12)10-19-15(21)13-8-5-9-18(13)11-16-19/h5,8-9,11-12H,1-4,6-7,10H2,(H,17,20). The van der Waals surface area contributed by atoms with E-state index in [0.29, 0.717) is 5.52 Å². The molecule has 1 saturated carbocycles. The molecule has 2 heterocycles. The lowest BCUT2D eigenvalue weighted by molar-refractivity contribution is -0.122. The quantitative estimate of drug-likeness (QED) is 0.866. The molecule has 6 nitrogen and oxygen atoms in total. The molecule has 1 aliphatic carbocycles. The highest BCUT2D eigenvalue weighted by Crippen LogP contribution is 2.17. The molecular formula is C15H20N4O2. The van der Waals surface area contributed by atoms with Gasteiger partial charge in [0, 0.05) is 12.2 Å². The third kappa shape index (κ3) is 3.15. The van der Waals surface area contributed by atoms with Crippen molar-refractivity contribution in [3.8, 4) is 0 Å². The number of nitrogens with zero attached hydrogens (tertiary/aromatic N) is 3. The molecule has 0 radical (unpaired) electrons. The zero-order valence-electron chi connectivity index (χ0n) is 12.0. The van der Waals surface area contributed by atoms with E-state index in [4.69, 9.17) is 0 Å². The van der Waals surface area contributed by atoms with Crippen molar-refractivity contribution >= 4 is 11.4 Å². The molecule has 2 aromatic heterocycles. The molecule has 1 fully saturated rings. The molecular weight excluding hydrogens is 268 g/mol. The lowest BCUT2D eigenvalue weighted by Crippen LogP contribution is -2.39. The van der Waals surface area contributed by atoms with Gasteiger partial charge in [-0.15, -0.1) is 0 Å². The van der Waals surface area contributed by atoms with Gasteiger partial charge in [-0.3, -0.25) is 9.59 Å². The molecule has 0 saturated heterocycles. The smallest absolute Gasteiger partial charge is 0.291 e. The van der Waals surface area contributed by atoms with Gasteiger partial charge < -0.3 is 9.72 Å². The monoisotopic (exact) mass is 288 g/mol. The number of nitrogens with one attached hydrogen (secondary N) is 1. The predicted molar refractivity (Wildman–Crippen MR) is 79.1 cm³/mol. The van der Waals surface area contributed by atoms with Crippen LogP contribution in [0.3, 0.4) is 0 Å². The first-order valence-corrected chi connectivity index (χ1v) is 7.56. The van der Waals surface area contributed by atoms with Gasteiger partial charge in [0.15, 0.2) is 0 Å². The number of aromatic nitrogens is 3. The zero-order chi connectivity index (χ0) is 14.7. The average molecular weight is 288 g/mol. The second kappa shape index (κ2) is 6.11. The molecule has 0 atom stereocenters. The van der Waals surface area contributed by atoms with Gasteiger partial charge in [0.05, 0.1) is 0 Å². The van der Waals surface area contributed by atoms with Crippen LogP contribution in [0.2, 0.25) is 0 Å². The number of carbonyl (C=O) groups excluding carboxylic acids is 1. The van der Waals surface area contributed by atoms with Gasteiger partial charge in [0.25, 0.3) is 5.56 Å². The molecule has 3 rings (SSSR count). The Kier molecular flexibility index (Phi) is 4.03. The Morgan fingerprint density at radius 2 is 2.05 bits per heavy atom. The fraction of sp³-hybridized carbons (Fsp3) is 0.533. The summed E-state index contributed by atoms with van der Waals surface area (Å²) in [5, 5.41) is 7.07. The molecule has 2 aromatic rings. The fourth-order valence-corrected chi connectivity index (χ4v) is 2.92. The minimum atomic E-state index is -0.237. The Morgan fingerprint density at radius 3 is 2.81 bits per heavy atom. The minimum Gasteiger partial charge on any atom is -0.352 e. The van der Waals surface area contributed by atoms with Crippen molar-refractivity contribution in [2.24, 2.45) is 0 Å². The van der Waals surface area contributed by atoms with Gasteiger partial charge in [-0.25, -0.2) is 4.68 Å². The summed E-state index contributed by atoms with van der Waals surface area (Å²) >= 11 is 0. The topological polar surface area (TPSA) is 68.4 Å². The zero-order valence-corrected chi connectivity index (χ0v) is 12.0. The number of carbonyl (C=O) groups is 1. The summed E-state index contributed by atoms with van der Waals surface area (Å²) in [4.78, 5) is 24.3. The van der Waals surface area contributed by atoms with Gasteiger partial charge >= 0.3 is 0 Å². The van der Waals surface area contributed by atoms with E-state index < -0.39 is 0 Å². The first kappa shape index (κ1) is 13.9. The number of hydrogen-bond acceptors (Lipinski definition) is 3. The molecule has 21 heavy (non-hydrogen) atoms. The summed E-state index contributed by atoms with van der Waals surface area (Å²) in [6, 6.07) is 3.76. The Hall–Kier alpha value is -2.11. The fourth-order valence-electron chi connectivity index (χ4n) is 2.92. The van der Waals surface area contributed by atoms with Crippen molar-refractivity contribution in [3.63, 3.8) is 0 Å². The van der Waals surface area contributed by atoms with E-state index in [2.05, 4.69) is 10.4 Å². The number of amides is 1. The number of fused-ring (bicyclic) bond motifs is 1. The van der Waals surface area contributed by atoms with E-state index in [-0.39, 0.29) is 24.1 Å². The van der Waals surface area contributed by atoms with Gasteiger partial charge in [0.2, 0.25) is 5.91 Å². The van der Waals surface area contributed by atoms with Gasteiger partial charge in [-0.2, -0.15) is 5.10 Å². The Balaban J connectivity index is 1.68. The van der Waals surface area contributed by atoms with Crippen molar-refractivity contribution < 1.29 is 4.79 Å². The third-order valence-corrected chi connectivity index (χ3v) is 4.06. The molecule has 0 spiro atoms. The summed E-state index contributed by atoms with van der Waals surface area (Å²) < 4.78 is 2.88. The Bertz CT molecular complexity index is 680. The summed E-state index contributed by atoms with van der Waals surface area (Å²) in [5.41, 5.74) is 0.297. The lowest BCUT2D eigenvalue weighted by atomic mass is 10.1. The van der Waals surface area contributed by atoms with E-state index in [1.165, 1.54) is 30.4 Å². The van der Waals surface area contributed by atoms with Gasteiger partial charge in [-0.1, -0.05) is 25.7 Å². The first-order chi connectivity index (χ1) is 10.2. The van der Waals surface area contributed by atoms with Crippen LogP contribution in [0.5, 0.6) is 0 Å². The maximum atomic E-state index is 12.2. The maximum Gasteiger partial charge on any atom is 0.291 e. The minimum absolute atomic E-state index is 0.0169. The Morgan fingerprint density at radius 1 is 1.29 bits per heavy atom. The maximum absolute atomic E-state index is 12.2. The molecule has 0 bridgehead atoms. The van der Waals surface area contributed by atoms with Crippen LogP contribution in [0.1, 0.15) is 38.5 Å². The molecule has 1 amide bonds. The second-order valence-electron chi connectivity index (χ2n) is 5.65. The summed E-state index contributed by atoms with van der Waals surface area (Å²) in [6.07, 6.45) is 10.2. The summed E-state index contributed by atoms with van der Waals surface area (Å²) in [5.74, 6) is -0.132. The van der Waals surface area contributed by atoms with Crippen LogP contribution in [0.25, 0.3) is 5.52 Å². The van der Waals surface area contributed by atoms with Crippen molar-refractivity contribution in [2.45, 2.75) is 51.1 Å². The van der Waals surface area contributed by atoms with Crippen LogP contribution in [-0.2, 0) is 11.3 Å². The molecule has 1 N–H and O–H groups in total. The van der Waals surface area contributed by atoms with Crippen molar-refractivity contribution in [3.05, 3.63) is 35.0 Å². The van der Waals surface area contributed by atoms with Crippen molar-refractivity contribution in [1.82, 2.24) is 19.5 Å². The third-order valence-electron chi connectivity index (χ3n) is 4.06. The van der Waals surface area contributed by atoms with Gasteiger partial charge in [-0.05, 0) is 25.0 Å². The van der Waals surface area contributed by atoms with Crippen LogP contribution < -0.4 is 10.9 Å². The number of hydrogen-bond donors (Lipinski definition) is 1.